The van der Waals surface area contributed by atoms with Crippen LogP contribution in [0.25, 0.3) is 22.2 Å². The standard InChI is InChI=1S/C16H14N2O/c19-9-6-12-2-3-14-11-15(5-4-13(14)10-12)16-17-7-1-8-18-16/h1-5,7-8,10-11,19H,6,9H2. The second-order valence-electron chi connectivity index (χ2n) is 4.44. The Balaban J connectivity index is 2.05. The van der Waals surface area contributed by atoms with Gasteiger partial charge in [-0.25, -0.2) is 9.97 Å². The number of benzene rings is 2. The lowest BCUT2D eigenvalue weighted by Gasteiger charge is -2.05. The first-order chi connectivity index (χ1) is 9.36. The second-order valence-corrected chi connectivity index (χ2v) is 4.44. The van der Waals surface area contributed by atoms with Crippen molar-refractivity contribution in [2.45, 2.75) is 6.42 Å². The van der Waals surface area contributed by atoms with Crippen molar-refractivity contribution >= 4 is 10.8 Å². The van der Waals surface area contributed by atoms with E-state index in [9.17, 15) is 0 Å². The maximum Gasteiger partial charge on any atom is 0.159 e. The van der Waals surface area contributed by atoms with Crippen LogP contribution in [0.15, 0.2) is 54.9 Å². The zero-order valence-electron chi connectivity index (χ0n) is 10.5. The summed E-state index contributed by atoms with van der Waals surface area (Å²) in [5.41, 5.74) is 2.17. The average molecular weight is 250 g/mol. The largest absolute Gasteiger partial charge is 0.396 e. The molecule has 1 heterocycles. The van der Waals surface area contributed by atoms with E-state index in [-0.39, 0.29) is 6.61 Å². The highest BCUT2D eigenvalue weighted by Gasteiger charge is 2.02. The van der Waals surface area contributed by atoms with Crippen molar-refractivity contribution < 1.29 is 5.11 Å². The van der Waals surface area contributed by atoms with Crippen LogP contribution in [0.5, 0.6) is 0 Å². The maximum absolute atomic E-state index is 8.97. The topological polar surface area (TPSA) is 46.0 Å². The number of aliphatic hydroxyl groups is 1. The Morgan fingerprint density at radius 2 is 1.63 bits per heavy atom. The molecule has 0 saturated carbocycles. The van der Waals surface area contributed by atoms with Gasteiger partial charge in [0, 0.05) is 24.6 Å². The Morgan fingerprint density at radius 3 is 2.42 bits per heavy atom. The molecule has 2 aromatic carbocycles. The number of hydrogen-bond donors (Lipinski definition) is 1. The van der Waals surface area contributed by atoms with Gasteiger partial charge in [0.05, 0.1) is 0 Å². The van der Waals surface area contributed by atoms with Gasteiger partial charge in [-0.3, -0.25) is 0 Å². The molecule has 0 aliphatic carbocycles. The molecule has 0 amide bonds. The molecule has 1 N–H and O–H groups in total. The highest BCUT2D eigenvalue weighted by atomic mass is 16.2. The summed E-state index contributed by atoms with van der Waals surface area (Å²) in [6.45, 7) is 0.182. The molecule has 19 heavy (non-hydrogen) atoms. The minimum atomic E-state index is 0.182. The van der Waals surface area contributed by atoms with Crippen LogP contribution in [0, 0.1) is 0 Å². The van der Waals surface area contributed by atoms with E-state index in [2.05, 4.69) is 34.2 Å². The van der Waals surface area contributed by atoms with E-state index in [1.54, 1.807) is 12.4 Å². The van der Waals surface area contributed by atoms with Crippen molar-refractivity contribution in [2.24, 2.45) is 0 Å². The molecular formula is C16H14N2O. The van der Waals surface area contributed by atoms with Crippen LogP contribution in [0.1, 0.15) is 5.56 Å². The normalized spacial score (nSPS) is 10.8. The van der Waals surface area contributed by atoms with Crippen molar-refractivity contribution in [3.05, 3.63) is 60.4 Å². The number of fused-ring (bicyclic) bond motifs is 1. The average Bonchev–Trinajstić information content (AvgIpc) is 2.48. The van der Waals surface area contributed by atoms with Gasteiger partial charge in [-0.1, -0.05) is 30.3 Å². The van der Waals surface area contributed by atoms with Crippen molar-refractivity contribution in [1.82, 2.24) is 9.97 Å². The Kier molecular flexibility index (Phi) is 3.21. The first-order valence-corrected chi connectivity index (χ1v) is 6.28. The number of aliphatic hydroxyl groups excluding tert-OH is 1. The minimum Gasteiger partial charge on any atom is -0.396 e. The molecule has 0 unspecified atom stereocenters. The number of rotatable bonds is 3. The Morgan fingerprint density at radius 1 is 0.895 bits per heavy atom. The van der Waals surface area contributed by atoms with Crippen LogP contribution < -0.4 is 0 Å². The molecule has 0 fully saturated rings. The molecule has 94 valence electrons. The van der Waals surface area contributed by atoms with E-state index in [0.29, 0.717) is 6.42 Å². The van der Waals surface area contributed by atoms with Gasteiger partial charge in [-0.2, -0.15) is 0 Å². The van der Waals surface area contributed by atoms with Gasteiger partial charge in [-0.05, 0) is 34.9 Å². The van der Waals surface area contributed by atoms with Crippen molar-refractivity contribution in [1.29, 1.82) is 0 Å². The first kappa shape index (κ1) is 11.8. The van der Waals surface area contributed by atoms with Crippen LogP contribution in [0.3, 0.4) is 0 Å². The highest BCUT2D eigenvalue weighted by Crippen LogP contribution is 2.22. The quantitative estimate of drug-likeness (QED) is 0.777. The summed E-state index contributed by atoms with van der Waals surface area (Å²) in [5, 5.41) is 11.3. The Labute approximate surface area is 111 Å². The number of nitrogens with zero attached hydrogens (tertiary/aromatic N) is 2. The third-order valence-electron chi connectivity index (χ3n) is 3.13. The predicted octanol–water partition coefficient (Wildman–Crippen LogP) is 2.83. The predicted molar refractivity (Wildman–Crippen MR) is 75.8 cm³/mol. The molecule has 0 radical (unpaired) electrons. The van der Waals surface area contributed by atoms with Crippen molar-refractivity contribution in [3.63, 3.8) is 0 Å². The molecule has 0 aliphatic heterocycles. The molecule has 0 atom stereocenters. The van der Waals surface area contributed by atoms with Crippen molar-refractivity contribution in [3.8, 4) is 11.4 Å². The fourth-order valence-electron chi connectivity index (χ4n) is 2.17. The third kappa shape index (κ3) is 2.46. The van der Waals surface area contributed by atoms with Crippen LogP contribution in [-0.4, -0.2) is 21.7 Å². The fraction of sp³-hybridized carbons (Fsp3) is 0.125. The van der Waals surface area contributed by atoms with Gasteiger partial charge in [-0.15, -0.1) is 0 Å². The molecule has 0 aliphatic rings. The van der Waals surface area contributed by atoms with E-state index >= 15 is 0 Å². The number of hydrogen-bond acceptors (Lipinski definition) is 3. The van der Waals surface area contributed by atoms with Crippen LogP contribution in [-0.2, 0) is 6.42 Å². The Hall–Kier alpha value is -2.26. The minimum absolute atomic E-state index is 0.182. The zero-order valence-corrected chi connectivity index (χ0v) is 10.5. The molecular weight excluding hydrogens is 236 g/mol. The number of aromatic nitrogens is 2. The molecule has 3 nitrogen and oxygen atoms in total. The molecule has 0 bridgehead atoms. The molecule has 0 spiro atoms. The summed E-state index contributed by atoms with van der Waals surface area (Å²) in [4.78, 5) is 8.52. The summed E-state index contributed by atoms with van der Waals surface area (Å²) >= 11 is 0. The van der Waals surface area contributed by atoms with Crippen LogP contribution >= 0.6 is 0 Å². The van der Waals surface area contributed by atoms with Gasteiger partial charge in [0.1, 0.15) is 0 Å². The first-order valence-electron chi connectivity index (χ1n) is 6.28. The smallest absolute Gasteiger partial charge is 0.159 e. The van der Waals surface area contributed by atoms with Gasteiger partial charge < -0.3 is 5.11 Å². The van der Waals surface area contributed by atoms with E-state index in [1.165, 1.54) is 5.39 Å². The molecule has 3 heteroatoms. The van der Waals surface area contributed by atoms with Crippen LogP contribution in [0.2, 0.25) is 0 Å². The molecule has 3 rings (SSSR count). The van der Waals surface area contributed by atoms with Gasteiger partial charge in [0.15, 0.2) is 5.82 Å². The zero-order chi connectivity index (χ0) is 13.1. The van der Waals surface area contributed by atoms with Gasteiger partial charge >= 0.3 is 0 Å². The summed E-state index contributed by atoms with van der Waals surface area (Å²) < 4.78 is 0. The monoisotopic (exact) mass is 250 g/mol. The third-order valence-corrected chi connectivity index (χ3v) is 3.13. The lowest BCUT2D eigenvalue weighted by Crippen LogP contribution is -1.90. The molecule has 1 aromatic heterocycles. The SMILES string of the molecule is OCCc1ccc2cc(-c3ncccn3)ccc2c1. The molecule has 3 aromatic rings. The Bertz CT molecular complexity index is 695. The lowest BCUT2D eigenvalue weighted by molar-refractivity contribution is 0.299. The van der Waals surface area contributed by atoms with Crippen molar-refractivity contribution in [2.75, 3.05) is 6.61 Å². The summed E-state index contributed by atoms with van der Waals surface area (Å²) in [5.74, 6) is 0.740. The van der Waals surface area contributed by atoms with Gasteiger partial charge in [0.2, 0.25) is 0 Å². The van der Waals surface area contributed by atoms with E-state index in [4.69, 9.17) is 5.11 Å². The highest BCUT2D eigenvalue weighted by molar-refractivity contribution is 5.87. The summed E-state index contributed by atoms with van der Waals surface area (Å²) in [6.07, 6.45) is 4.19. The summed E-state index contributed by atoms with van der Waals surface area (Å²) in [6, 6.07) is 14.2. The lowest BCUT2D eigenvalue weighted by atomic mass is 10.0. The van der Waals surface area contributed by atoms with Crippen LogP contribution in [0.4, 0.5) is 0 Å². The fourth-order valence-corrected chi connectivity index (χ4v) is 2.17. The van der Waals surface area contributed by atoms with E-state index in [0.717, 1.165) is 22.3 Å². The summed E-state index contributed by atoms with van der Waals surface area (Å²) in [7, 11) is 0. The van der Waals surface area contributed by atoms with E-state index < -0.39 is 0 Å². The van der Waals surface area contributed by atoms with E-state index in [1.807, 2.05) is 18.2 Å². The van der Waals surface area contributed by atoms with Gasteiger partial charge in [0.25, 0.3) is 0 Å². The molecule has 0 saturated heterocycles. The maximum atomic E-state index is 8.97. The second kappa shape index (κ2) is 5.16.